The molecular formula is C15H26BrN3. The van der Waals surface area contributed by atoms with Crippen LogP contribution in [-0.2, 0) is 19.9 Å². The Morgan fingerprint density at radius 1 is 1.32 bits per heavy atom. The van der Waals surface area contributed by atoms with Gasteiger partial charge in [0.2, 0.25) is 0 Å². The molecule has 0 aromatic carbocycles. The molecule has 0 amide bonds. The molecule has 0 spiro atoms. The number of halogens is 1. The second kappa shape index (κ2) is 6.40. The van der Waals surface area contributed by atoms with Crippen molar-refractivity contribution in [3.05, 3.63) is 15.9 Å². The normalized spacial score (nSPS) is 18.1. The molecule has 2 rings (SSSR count). The van der Waals surface area contributed by atoms with Gasteiger partial charge in [-0.2, -0.15) is 5.10 Å². The van der Waals surface area contributed by atoms with E-state index < -0.39 is 0 Å². The maximum Gasteiger partial charge on any atom is 0.0766 e. The zero-order chi connectivity index (χ0) is 13.9. The summed E-state index contributed by atoms with van der Waals surface area (Å²) in [4.78, 5) is 0. The minimum absolute atomic E-state index is 0.442. The van der Waals surface area contributed by atoms with E-state index in [2.05, 4.69) is 51.9 Å². The predicted molar refractivity (Wildman–Crippen MR) is 83.4 cm³/mol. The van der Waals surface area contributed by atoms with Crippen molar-refractivity contribution >= 4 is 15.9 Å². The highest BCUT2D eigenvalue weighted by molar-refractivity contribution is 9.10. The van der Waals surface area contributed by atoms with Gasteiger partial charge >= 0.3 is 0 Å². The van der Waals surface area contributed by atoms with Crippen molar-refractivity contribution in [1.29, 1.82) is 0 Å². The monoisotopic (exact) mass is 327 g/mol. The van der Waals surface area contributed by atoms with Gasteiger partial charge in [0.15, 0.2) is 0 Å². The molecule has 4 heteroatoms. The lowest BCUT2D eigenvalue weighted by molar-refractivity contribution is 0.273. The van der Waals surface area contributed by atoms with Gasteiger partial charge in [-0.1, -0.05) is 26.7 Å². The largest absolute Gasteiger partial charge is 0.316 e. The highest BCUT2D eigenvalue weighted by Crippen LogP contribution is 2.42. The molecule has 1 aliphatic rings. The van der Waals surface area contributed by atoms with Crippen molar-refractivity contribution in [2.45, 2.75) is 52.4 Å². The summed E-state index contributed by atoms with van der Waals surface area (Å²) in [6.45, 7) is 6.57. The van der Waals surface area contributed by atoms with Gasteiger partial charge in [0.05, 0.1) is 15.9 Å². The summed E-state index contributed by atoms with van der Waals surface area (Å²) in [5.74, 6) is 0. The molecule has 1 N–H and O–H groups in total. The lowest BCUT2D eigenvalue weighted by atomic mass is 9.81. The fraction of sp³-hybridized carbons (Fsp3) is 0.800. The first kappa shape index (κ1) is 15.0. The van der Waals surface area contributed by atoms with E-state index in [1.165, 1.54) is 41.5 Å². The first-order chi connectivity index (χ1) is 9.12. The Morgan fingerprint density at radius 3 is 2.53 bits per heavy atom. The third kappa shape index (κ3) is 3.22. The van der Waals surface area contributed by atoms with E-state index in [0.29, 0.717) is 5.41 Å². The van der Waals surface area contributed by atoms with E-state index in [1.54, 1.807) is 0 Å². The van der Waals surface area contributed by atoms with Crippen molar-refractivity contribution < 1.29 is 0 Å². The number of rotatable bonds is 6. The number of hydrogen-bond donors (Lipinski definition) is 1. The smallest absolute Gasteiger partial charge is 0.0766 e. The second-order valence-electron chi connectivity index (χ2n) is 5.85. The van der Waals surface area contributed by atoms with Gasteiger partial charge < -0.3 is 5.32 Å². The van der Waals surface area contributed by atoms with Crippen molar-refractivity contribution in [2.75, 3.05) is 13.1 Å². The maximum absolute atomic E-state index is 4.63. The van der Waals surface area contributed by atoms with E-state index in [-0.39, 0.29) is 0 Å². The van der Waals surface area contributed by atoms with Gasteiger partial charge in [0.25, 0.3) is 0 Å². The Kier molecular flexibility index (Phi) is 5.07. The van der Waals surface area contributed by atoms with Crippen LogP contribution >= 0.6 is 15.9 Å². The third-order valence-electron chi connectivity index (χ3n) is 4.46. The van der Waals surface area contributed by atoms with Crippen LogP contribution in [0.25, 0.3) is 0 Å². The average Bonchev–Trinajstić information content (AvgIpc) is 2.97. The van der Waals surface area contributed by atoms with Gasteiger partial charge in [0, 0.05) is 13.6 Å². The Bertz CT molecular complexity index is 419. The summed E-state index contributed by atoms with van der Waals surface area (Å²) in [7, 11) is 2.08. The number of hydrogen-bond acceptors (Lipinski definition) is 2. The van der Waals surface area contributed by atoms with Crippen LogP contribution in [0.4, 0.5) is 0 Å². The fourth-order valence-corrected chi connectivity index (χ4v) is 4.05. The van der Waals surface area contributed by atoms with Crippen molar-refractivity contribution in [3.8, 4) is 0 Å². The molecule has 1 fully saturated rings. The molecule has 0 radical (unpaired) electrons. The lowest BCUT2D eigenvalue weighted by Gasteiger charge is -2.29. The van der Waals surface area contributed by atoms with Crippen LogP contribution in [0, 0.1) is 5.41 Å². The van der Waals surface area contributed by atoms with Crippen LogP contribution in [0.1, 0.15) is 50.9 Å². The summed E-state index contributed by atoms with van der Waals surface area (Å²) in [6, 6.07) is 0. The second-order valence-corrected chi connectivity index (χ2v) is 6.64. The molecule has 1 aliphatic carbocycles. The molecule has 0 atom stereocenters. The van der Waals surface area contributed by atoms with Crippen LogP contribution in [0.5, 0.6) is 0 Å². The molecule has 1 saturated carbocycles. The molecule has 0 saturated heterocycles. The van der Waals surface area contributed by atoms with Gasteiger partial charge in [-0.3, -0.25) is 4.68 Å². The Morgan fingerprint density at radius 2 is 2.00 bits per heavy atom. The van der Waals surface area contributed by atoms with Gasteiger partial charge in [-0.25, -0.2) is 0 Å². The quantitative estimate of drug-likeness (QED) is 0.867. The third-order valence-corrected chi connectivity index (χ3v) is 5.37. The first-order valence-corrected chi connectivity index (χ1v) is 8.32. The van der Waals surface area contributed by atoms with Crippen LogP contribution in [0.3, 0.4) is 0 Å². The van der Waals surface area contributed by atoms with Crippen LogP contribution in [0.2, 0.25) is 0 Å². The maximum atomic E-state index is 4.63. The first-order valence-electron chi connectivity index (χ1n) is 7.53. The molecule has 19 heavy (non-hydrogen) atoms. The number of nitrogens with zero attached hydrogens (tertiary/aromatic N) is 2. The zero-order valence-electron chi connectivity index (χ0n) is 12.4. The summed E-state index contributed by atoms with van der Waals surface area (Å²) in [5.41, 5.74) is 3.00. The summed E-state index contributed by atoms with van der Waals surface area (Å²) in [5, 5.41) is 8.20. The van der Waals surface area contributed by atoms with Crippen molar-refractivity contribution in [1.82, 2.24) is 15.1 Å². The number of aromatic nitrogens is 2. The average molecular weight is 328 g/mol. The molecule has 1 aromatic heterocycles. The van der Waals surface area contributed by atoms with E-state index >= 15 is 0 Å². The molecule has 0 unspecified atom stereocenters. The summed E-state index contributed by atoms with van der Waals surface area (Å²) < 4.78 is 3.31. The Labute approximate surface area is 125 Å². The fourth-order valence-electron chi connectivity index (χ4n) is 3.30. The van der Waals surface area contributed by atoms with Crippen LogP contribution < -0.4 is 5.32 Å². The number of nitrogens with one attached hydrogen (secondary N) is 1. The lowest BCUT2D eigenvalue weighted by Crippen LogP contribution is -2.34. The van der Waals surface area contributed by atoms with Gasteiger partial charge in [0.1, 0.15) is 0 Å². The molecule has 0 bridgehead atoms. The Balaban J connectivity index is 2.19. The zero-order valence-corrected chi connectivity index (χ0v) is 14.0. The van der Waals surface area contributed by atoms with Crippen molar-refractivity contribution in [2.24, 2.45) is 12.5 Å². The van der Waals surface area contributed by atoms with E-state index in [0.717, 1.165) is 25.9 Å². The summed E-state index contributed by atoms with van der Waals surface area (Å²) >= 11 is 3.76. The van der Waals surface area contributed by atoms with Crippen LogP contribution in [-0.4, -0.2) is 22.9 Å². The molecule has 3 nitrogen and oxygen atoms in total. The summed E-state index contributed by atoms with van der Waals surface area (Å²) in [6.07, 6.45) is 7.58. The minimum Gasteiger partial charge on any atom is -0.316 e. The molecule has 1 heterocycles. The van der Waals surface area contributed by atoms with E-state index in [4.69, 9.17) is 0 Å². The predicted octanol–water partition coefficient (Wildman–Crippen LogP) is 3.46. The standard InChI is InChI=1S/C15H26BrN3/c1-4-12-14(16)13(19(3)18-12)10-15(11-17-5-2)8-6-7-9-15/h17H,4-11H2,1-3H3. The highest BCUT2D eigenvalue weighted by atomic mass is 79.9. The SMILES string of the molecule is CCNCC1(Cc2c(Br)c(CC)nn2C)CCCC1. The molecule has 108 valence electrons. The van der Waals surface area contributed by atoms with E-state index in [9.17, 15) is 0 Å². The topological polar surface area (TPSA) is 29.9 Å². The van der Waals surface area contributed by atoms with Gasteiger partial charge in [-0.05, 0) is 53.6 Å². The highest BCUT2D eigenvalue weighted by Gasteiger charge is 2.35. The van der Waals surface area contributed by atoms with Crippen LogP contribution in [0.15, 0.2) is 4.47 Å². The molecule has 0 aliphatic heterocycles. The molecule has 1 aromatic rings. The van der Waals surface area contributed by atoms with E-state index in [1.807, 2.05) is 0 Å². The van der Waals surface area contributed by atoms with Gasteiger partial charge in [-0.15, -0.1) is 0 Å². The minimum atomic E-state index is 0.442. The van der Waals surface area contributed by atoms with Crippen molar-refractivity contribution in [3.63, 3.8) is 0 Å². The molecular weight excluding hydrogens is 302 g/mol. The number of aryl methyl sites for hydroxylation is 2. The Hall–Kier alpha value is -0.350.